The zero-order valence-electron chi connectivity index (χ0n) is 14.4. The van der Waals surface area contributed by atoms with E-state index < -0.39 is 5.91 Å². The predicted octanol–water partition coefficient (Wildman–Crippen LogP) is 2.07. The summed E-state index contributed by atoms with van der Waals surface area (Å²) in [5.41, 5.74) is 1.87. The molecule has 3 rings (SSSR count). The molecule has 2 heterocycles. The smallest absolute Gasteiger partial charge is 0.293 e. The second-order valence-corrected chi connectivity index (χ2v) is 6.33. The fraction of sp³-hybridized carbons (Fsp3) is 0.278. The quantitative estimate of drug-likeness (QED) is 0.804. The molecule has 0 aliphatic carbocycles. The van der Waals surface area contributed by atoms with E-state index in [1.165, 1.54) is 6.26 Å². The number of hydrogen-bond acceptors (Lipinski definition) is 5. The maximum Gasteiger partial charge on any atom is 0.293 e. The van der Waals surface area contributed by atoms with Crippen molar-refractivity contribution in [3.05, 3.63) is 48.4 Å². The molecule has 0 bridgehead atoms. The highest BCUT2D eigenvalue weighted by molar-refractivity contribution is 7.80. The second-order valence-electron chi connectivity index (χ2n) is 5.93. The number of amides is 2. The highest BCUT2D eigenvalue weighted by Gasteiger charge is 2.18. The molecule has 0 atom stereocenters. The molecular weight excluding hydrogens is 352 g/mol. The topological polar surface area (TPSA) is 77.8 Å². The number of nitrogens with one attached hydrogen (secondary N) is 2. The van der Waals surface area contributed by atoms with Crippen LogP contribution in [0.25, 0.3) is 0 Å². The van der Waals surface area contributed by atoms with Crippen LogP contribution in [0.1, 0.15) is 17.5 Å². The lowest BCUT2D eigenvalue weighted by atomic mass is 10.2. The first-order valence-electron chi connectivity index (χ1n) is 8.29. The number of thiocarbonyl (C=S) groups is 1. The Morgan fingerprint density at radius 2 is 1.77 bits per heavy atom. The van der Waals surface area contributed by atoms with Crippen molar-refractivity contribution in [3.63, 3.8) is 0 Å². The van der Waals surface area contributed by atoms with Gasteiger partial charge in [-0.1, -0.05) is 0 Å². The van der Waals surface area contributed by atoms with Gasteiger partial charge in [-0.2, -0.15) is 0 Å². The lowest BCUT2D eigenvalue weighted by Crippen LogP contribution is -2.48. The fourth-order valence-corrected chi connectivity index (χ4v) is 2.98. The van der Waals surface area contributed by atoms with Crippen LogP contribution in [0.2, 0.25) is 0 Å². The van der Waals surface area contributed by atoms with Gasteiger partial charge in [0, 0.05) is 44.5 Å². The van der Waals surface area contributed by atoms with Crippen molar-refractivity contribution in [3.8, 4) is 0 Å². The zero-order chi connectivity index (χ0) is 18.5. The molecule has 0 radical (unpaired) electrons. The number of hydrogen-bond donors (Lipinski definition) is 2. The maximum absolute atomic E-state index is 11.9. The van der Waals surface area contributed by atoms with Gasteiger partial charge in [-0.3, -0.25) is 14.9 Å². The van der Waals surface area contributed by atoms with Crippen LogP contribution < -0.4 is 15.5 Å². The summed E-state index contributed by atoms with van der Waals surface area (Å²) in [6.45, 7) is 4.69. The third-order valence-corrected chi connectivity index (χ3v) is 4.39. The summed E-state index contributed by atoms with van der Waals surface area (Å²) in [7, 11) is 0. The first kappa shape index (κ1) is 17.9. The molecule has 1 aliphatic heterocycles. The fourth-order valence-electron chi connectivity index (χ4n) is 2.77. The Morgan fingerprint density at radius 1 is 1.08 bits per heavy atom. The van der Waals surface area contributed by atoms with Gasteiger partial charge in [0.2, 0.25) is 5.91 Å². The summed E-state index contributed by atoms with van der Waals surface area (Å²) in [5, 5.41) is 5.74. The SMILES string of the molecule is CC(=O)N1CCN(c2ccc(NC(=S)NC(=O)c3ccco3)cc2)CC1. The molecule has 26 heavy (non-hydrogen) atoms. The van der Waals surface area contributed by atoms with E-state index in [9.17, 15) is 9.59 Å². The number of carbonyl (C=O) groups excluding carboxylic acids is 2. The van der Waals surface area contributed by atoms with Crippen LogP contribution in [0.4, 0.5) is 11.4 Å². The molecule has 1 aromatic heterocycles. The Kier molecular flexibility index (Phi) is 5.52. The van der Waals surface area contributed by atoms with Gasteiger partial charge in [0.05, 0.1) is 6.26 Å². The molecular formula is C18H20N4O3S. The molecule has 8 heteroatoms. The number of nitrogens with zero attached hydrogens (tertiary/aromatic N) is 2. The zero-order valence-corrected chi connectivity index (χ0v) is 15.2. The average molecular weight is 372 g/mol. The van der Waals surface area contributed by atoms with Crippen molar-refractivity contribution < 1.29 is 14.0 Å². The molecule has 2 amide bonds. The summed E-state index contributed by atoms with van der Waals surface area (Å²) in [5.74, 6) is -0.0732. The minimum absolute atomic E-state index is 0.120. The van der Waals surface area contributed by atoms with E-state index in [0.29, 0.717) is 0 Å². The standard InChI is InChI=1S/C18H20N4O3S/c1-13(23)21-8-10-22(11-9-21)15-6-4-14(5-7-15)19-18(26)20-17(24)16-3-2-12-25-16/h2-7,12H,8-11H2,1H3,(H2,19,20,24,26). The van der Waals surface area contributed by atoms with E-state index >= 15 is 0 Å². The number of rotatable bonds is 3. The first-order valence-corrected chi connectivity index (χ1v) is 8.70. The number of furan rings is 1. The van der Waals surface area contributed by atoms with Crippen molar-refractivity contribution in [2.24, 2.45) is 0 Å². The van der Waals surface area contributed by atoms with Gasteiger partial charge in [-0.05, 0) is 48.6 Å². The van der Waals surface area contributed by atoms with Gasteiger partial charge in [0.15, 0.2) is 10.9 Å². The predicted molar refractivity (Wildman–Crippen MR) is 103 cm³/mol. The Balaban J connectivity index is 1.52. The second kappa shape index (κ2) is 8.01. The summed E-state index contributed by atoms with van der Waals surface area (Å²) in [6.07, 6.45) is 1.43. The highest BCUT2D eigenvalue weighted by atomic mass is 32.1. The van der Waals surface area contributed by atoms with Gasteiger partial charge in [-0.25, -0.2) is 0 Å². The van der Waals surface area contributed by atoms with Crippen LogP contribution >= 0.6 is 12.2 Å². The number of anilines is 2. The van der Waals surface area contributed by atoms with E-state index in [-0.39, 0.29) is 16.8 Å². The van der Waals surface area contributed by atoms with Gasteiger partial charge < -0.3 is 19.5 Å². The van der Waals surface area contributed by atoms with E-state index in [4.69, 9.17) is 16.6 Å². The molecule has 7 nitrogen and oxygen atoms in total. The minimum Gasteiger partial charge on any atom is -0.459 e. The molecule has 136 valence electrons. The summed E-state index contributed by atoms with van der Waals surface area (Å²) >= 11 is 5.15. The van der Waals surface area contributed by atoms with Crippen LogP contribution in [-0.2, 0) is 4.79 Å². The van der Waals surface area contributed by atoms with Gasteiger partial charge in [0.1, 0.15) is 0 Å². The largest absolute Gasteiger partial charge is 0.459 e. The summed E-state index contributed by atoms with van der Waals surface area (Å²) in [4.78, 5) is 27.4. The van der Waals surface area contributed by atoms with Gasteiger partial charge in [0.25, 0.3) is 5.91 Å². The third kappa shape index (κ3) is 4.40. The van der Waals surface area contributed by atoms with Gasteiger partial charge >= 0.3 is 0 Å². The normalized spacial score (nSPS) is 14.0. The molecule has 2 N–H and O–H groups in total. The average Bonchev–Trinajstić information content (AvgIpc) is 3.17. The van der Waals surface area contributed by atoms with Crippen molar-refractivity contribution in [1.82, 2.24) is 10.2 Å². The van der Waals surface area contributed by atoms with Crippen LogP contribution in [0.15, 0.2) is 47.1 Å². The van der Waals surface area contributed by atoms with Crippen molar-refractivity contribution in [2.45, 2.75) is 6.92 Å². The first-order chi connectivity index (χ1) is 12.5. The Hall–Kier alpha value is -2.87. The molecule has 2 aromatic rings. The monoisotopic (exact) mass is 372 g/mol. The van der Waals surface area contributed by atoms with Crippen LogP contribution in [-0.4, -0.2) is 48.0 Å². The summed E-state index contributed by atoms with van der Waals surface area (Å²) < 4.78 is 5.02. The van der Waals surface area contributed by atoms with E-state index in [2.05, 4.69) is 15.5 Å². The third-order valence-electron chi connectivity index (χ3n) is 4.19. The van der Waals surface area contributed by atoms with Crippen molar-refractivity contribution in [1.29, 1.82) is 0 Å². The molecule has 1 aromatic carbocycles. The highest BCUT2D eigenvalue weighted by Crippen LogP contribution is 2.19. The molecule has 1 aliphatic rings. The van der Waals surface area contributed by atoms with Crippen LogP contribution in [0.5, 0.6) is 0 Å². The van der Waals surface area contributed by atoms with Gasteiger partial charge in [-0.15, -0.1) is 0 Å². The number of carbonyl (C=O) groups is 2. The Labute approximate surface area is 156 Å². The number of piperazine rings is 1. The van der Waals surface area contributed by atoms with E-state index in [1.807, 2.05) is 29.2 Å². The Morgan fingerprint density at radius 3 is 2.35 bits per heavy atom. The molecule has 1 fully saturated rings. The van der Waals surface area contributed by atoms with E-state index in [0.717, 1.165) is 37.6 Å². The molecule has 0 spiro atoms. The maximum atomic E-state index is 11.9. The minimum atomic E-state index is -0.396. The lowest BCUT2D eigenvalue weighted by Gasteiger charge is -2.35. The molecule has 0 saturated carbocycles. The molecule has 0 unspecified atom stereocenters. The summed E-state index contributed by atoms with van der Waals surface area (Å²) in [6, 6.07) is 11.0. The van der Waals surface area contributed by atoms with Crippen molar-refractivity contribution in [2.75, 3.05) is 36.4 Å². The Bertz CT molecular complexity index is 781. The lowest BCUT2D eigenvalue weighted by molar-refractivity contribution is -0.129. The van der Waals surface area contributed by atoms with Crippen LogP contribution in [0.3, 0.4) is 0 Å². The number of benzene rings is 1. The van der Waals surface area contributed by atoms with Crippen LogP contribution in [0, 0.1) is 0 Å². The van der Waals surface area contributed by atoms with Crippen molar-refractivity contribution >= 4 is 40.5 Å². The molecule has 1 saturated heterocycles. The van der Waals surface area contributed by atoms with E-state index in [1.54, 1.807) is 19.1 Å².